The monoisotopic (exact) mass is 255 g/mol. The minimum Gasteiger partial charge on any atom is -0.324 e. The highest BCUT2D eigenvalue weighted by molar-refractivity contribution is 5.55. The standard InChI is InChI=1S/C16H21N3/c1-10(2)13-5-7-14(8-6-13)16-18-9-15(11(3)17)12(4)19-16/h5-11H,17H2,1-4H3. The van der Waals surface area contributed by atoms with Crippen LogP contribution in [0, 0.1) is 6.92 Å². The fourth-order valence-corrected chi connectivity index (χ4v) is 2.08. The van der Waals surface area contributed by atoms with Crippen molar-refractivity contribution < 1.29 is 0 Å². The second-order valence-electron chi connectivity index (χ2n) is 5.30. The molecule has 0 aliphatic rings. The number of aryl methyl sites for hydroxylation is 1. The zero-order chi connectivity index (χ0) is 14.0. The van der Waals surface area contributed by atoms with E-state index in [1.807, 2.05) is 20.0 Å². The normalized spacial score (nSPS) is 12.7. The predicted octanol–water partition coefficient (Wildman–Crippen LogP) is 3.60. The van der Waals surface area contributed by atoms with Crippen LogP contribution in [0.2, 0.25) is 0 Å². The zero-order valence-corrected chi connectivity index (χ0v) is 12.0. The molecular weight excluding hydrogens is 234 g/mol. The number of nitrogens with two attached hydrogens (primary N) is 1. The lowest BCUT2D eigenvalue weighted by Gasteiger charge is -2.10. The van der Waals surface area contributed by atoms with E-state index in [2.05, 4.69) is 48.1 Å². The number of hydrogen-bond donors (Lipinski definition) is 1. The maximum absolute atomic E-state index is 5.88. The van der Waals surface area contributed by atoms with Crippen molar-refractivity contribution in [3.8, 4) is 11.4 Å². The third-order valence-electron chi connectivity index (χ3n) is 3.34. The Morgan fingerprint density at radius 2 is 1.68 bits per heavy atom. The first-order valence-electron chi connectivity index (χ1n) is 6.68. The Bertz CT molecular complexity index is 557. The Morgan fingerprint density at radius 3 is 2.16 bits per heavy atom. The Kier molecular flexibility index (Phi) is 3.96. The third-order valence-corrected chi connectivity index (χ3v) is 3.34. The van der Waals surface area contributed by atoms with Crippen LogP contribution in [-0.2, 0) is 0 Å². The van der Waals surface area contributed by atoms with Crippen LogP contribution < -0.4 is 5.73 Å². The summed E-state index contributed by atoms with van der Waals surface area (Å²) in [7, 11) is 0. The van der Waals surface area contributed by atoms with Gasteiger partial charge in [-0.05, 0) is 25.3 Å². The van der Waals surface area contributed by atoms with Gasteiger partial charge >= 0.3 is 0 Å². The van der Waals surface area contributed by atoms with E-state index >= 15 is 0 Å². The molecule has 2 N–H and O–H groups in total. The molecule has 3 heteroatoms. The van der Waals surface area contributed by atoms with Gasteiger partial charge in [0.25, 0.3) is 0 Å². The van der Waals surface area contributed by atoms with Crippen molar-refractivity contribution in [3.63, 3.8) is 0 Å². The molecule has 0 fully saturated rings. The van der Waals surface area contributed by atoms with E-state index < -0.39 is 0 Å². The molecule has 1 aromatic heterocycles. The summed E-state index contributed by atoms with van der Waals surface area (Å²) in [5, 5.41) is 0. The van der Waals surface area contributed by atoms with Gasteiger partial charge < -0.3 is 5.73 Å². The van der Waals surface area contributed by atoms with Crippen molar-refractivity contribution in [2.24, 2.45) is 5.73 Å². The molecule has 1 heterocycles. The fourth-order valence-electron chi connectivity index (χ4n) is 2.08. The summed E-state index contributed by atoms with van der Waals surface area (Å²) >= 11 is 0. The lowest BCUT2D eigenvalue weighted by Crippen LogP contribution is -2.09. The Balaban J connectivity index is 2.34. The van der Waals surface area contributed by atoms with Crippen LogP contribution in [0.1, 0.15) is 49.6 Å². The van der Waals surface area contributed by atoms with Crippen LogP contribution in [0.15, 0.2) is 30.5 Å². The molecule has 100 valence electrons. The molecule has 3 nitrogen and oxygen atoms in total. The first kappa shape index (κ1) is 13.7. The summed E-state index contributed by atoms with van der Waals surface area (Å²) in [6.45, 7) is 8.30. The van der Waals surface area contributed by atoms with Gasteiger partial charge in [0.1, 0.15) is 0 Å². The second-order valence-corrected chi connectivity index (χ2v) is 5.30. The van der Waals surface area contributed by atoms with Crippen LogP contribution in [0.5, 0.6) is 0 Å². The van der Waals surface area contributed by atoms with Gasteiger partial charge in [0, 0.05) is 29.1 Å². The Morgan fingerprint density at radius 1 is 1.05 bits per heavy atom. The summed E-state index contributed by atoms with van der Waals surface area (Å²) in [6, 6.07) is 8.40. The van der Waals surface area contributed by atoms with Crippen LogP contribution in [0.4, 0.5) is 0 Å². The largest absolute Gasteiger partial charge is 0.324 e. The Labute approximate surface area is 114 Å². The molecule has 1 aromatic carbocycles. The number of rotatable bonds is 3. The first-order chi connectivity index (χ1) is 8.99. The predicted molar refractivity (Wildman–Crippen MR) is 78.9 cm³/mol. The van der Waals surface area contributed by atoms with Gasteiger partial charge in [-0.1, -0.05) is 38.1 Å². The minimum atomic E-state index is -0.0302. The molecule has 0 aliphatic heterocycles. The topological polar surface area (TPSA) is 51.8 Å². The lowest BCUT2D eigenvalue weighted by molar-refractivity contribution is 0.790. The highest BCUT2D eigenvalue weighted by Crippen LogP contribution is 2.21. The van der Waals surface area contributed by atoms with Crippen LogP contribution in [-0.4, -0.2) is 9.97 Å². The quantitative estimate of drug-likeness (QED) is 0.911. The molecule has 0 amide bonds. The number of nitrogens with zero attached hydrogens (tertiary/aromatic N) is 2. The lowest BCUT2D eigenvalue weighted by atomic mass is 10.0. The van der Waals surface area contributed by atoms with E-state index in [9.17, 15) is 0 Å². The average molecular weight is 255 g/mol. The molecule has 19 heavy (non-hydrogen) atoms. The molecular formula is C16H21N3. The SMILES string of the molecule is Cc1nc(-c2ccc(C(C)C)cc2)ncc1C(C)N. The molecule has 1 unspecified atom stereocenters. The van der Waals surface area contributed by atoms with E-state index in [0.717, 1.165) is 22.6 Å². The van der Waals surface area contributed by atoms with Gasteiger partial charge in [0.15, 0.2) is 5.82 Å². The number of benzene rings is 1. The number of hydrogen-bond acceptors (Lipinski definition) is 3. The summed E-state index contributed by atoms with van der Waals surface area (Å²) in [5.41, 5.74) is 10.2. The second kappa shape index (κ2) is 5.49. The van der Waals surface area contributed by atoms with E-state index in [1.54, 1.807) is 0 Å². The van der Waals surface area contributed by atoms with Gasteiger partial charge in [0.05, 0.1) is 0 Å². The van der Waals surface area contributed by atoms with Crippen molar-refractivity contribution in [3.05, 3.63) is 47.3 Å². The molecule has 0 saturated carbocycles. The summed E-state index contributed by atoms with van der Waals surface area (Å²) in [5.74, 6) is 1.30. The van der Waals surface area contributed by atoms with Crippen molar-refractivity contribution in [2.45, 2.75) is 39.7 Å². The number of aromatic nitrogens is 2. The van der Waals surface area contributed by atoms with E-state index in [0.29, 0.717) is 5.92 Å². The highest BCUT2D eigenvalue weighted by Gasteiger charge is 2.09. The third kappa shape index (κ3) is 2.99. The molecule has 0 radical (unpaired) electrons. The molecule has 0 spiro atoms. The van der Waals surface area contributed by atoms with Crippen molar-refractivity contribution in [1.82, 2.24) is 9.97 Å². The maximum atomic E-state index is 5.88. The zero-order valence-electron chi connectivity index (χ0n) is 12.0. The van der Waals surface area contributed by atoms with Gasteiger partial charge in [-0.15, -0.1) is 0 Å². The molecule has 2 aromatic rings. The smallest absolute Gasteiger partial charge is 0.159 e. The van der Waals surface area contributed by atoms with E-state index in [1.165, 1.54) is 5.56 Å². The molecule has 0 bridgehead atoms. The molecule has 1 atom stereocenters. The van der Waals surface area contributed by atoms with Crippen LogP contribution in [0.3, 0.4) is 0 Å². The molecule has 2 rings (SSSR count). The first-order valence-corrected chi connectivity index (χ1v) is 6.68. The van der Waals surface area contributed by atoms with Gasteiger partial charge in [-0.2, -0.15) is 0 Å². The van der Waals surface area contributed by atoms with Gasteiger partial charge in [-0.3, -0.25) is 0 Å². The Hall–Kier alpha value is -1.74. The molecule has 0 aliphatic carbocycles. The van der Waals surface area contributed by atoms with Crippen molar-refractivity contribution in [2.75, 3.05) is 0 Å². The van der Waals surface area contributed by atoms with E-state index in [-0.39, 0.29) is 6.04 Å². The summed E-state index contributed by atoms with van der Waals surface area (Å²) in [4.78, 5) is 8.96. The van der Waals surface area contributed by atoms with Gasteiger partial charge in [0.2, 0.25) is 0 Å². The van der Waals surface area contributed by atoms with Crippen molar-refractivity contribution in [1.29, 1.82) is 0 Å². The van der Waals surface area contributed by atoms with Crippen LogP contribution >= 0.6 is 0 Å². The van der Waals surface area contributed by atoms with Gasteiger partial charge in [-0.25, -0.2) is 9.97 Å². The minimum absolute atomic E-state index is 0.0302. The van der Waals surface area contributed by atoms with Crippen LogP contribution in [0.25, 0.3) is 11.4 Å². The highest BCUT2D eigenvalue weighted by atomic mass is 14.9. The maximum Gasteiger partial charge on any atom is 0.159 e. The van der Waals surface area contributed by atoms with Crippen molar-refractivity contribution >= 4 is 0 Å². The average Bonchev–Trinajstić information content (AvgIpc) is 2.38. The summed E-state index contributed by atoms with van der Waals surface area (Å²) in [6.07, 6.45) is 1.83. The summed E-state index contributed by atoms with van der Waals surface area (Å²) < 4.78 is 0. The fraction of sp³-hybridized carbons (Fsp3) is 0.375. The van der Waals surface area contributed by atoms with E-state index in [4.69, 9.17) is 5.73 Å². The molecule has 0 saturated heterocycles.